The van der Waals surface area contributed by atoms with Gasteiger partial charge in [0.15, 0.2) is 11.5 Å². The average Bonchev–Trinajstić information content (AvgIpc) is 2.87. The van der Waals surface area contributed by atoms with Gasteiger partial charge >= 0.3 is 0 Å². The molecule has 3 N–H and O–H groups in total. The van der Waals surface area contributed by atoms with Gasteiger partial charge < -0.3 is 20.3 Å². The fourth-order valence-electron chi connectivity index (χ4n) is 3.33. The van der Waals surface area contributed by atoms with Crippen LogP contribution in [0, 0.1) is 0 Å². The first-order chi connectivity index (χ1) is 17.5. The zero-order valence-corrected chi connectivity index (χ0v) is 21.9. The van der Waals surface area contributed by atoms with Crippen molar-refractivity contribution in [2.24, 2.45) is 0 Å². The van der Waals surface area contributed by atoms with Crippen molar-refractivity contribution >= 4 is 5.91 Å². The van der Waals surface area contributed by atoms with Gasteiger partial charge in [-0.15, -0.1) is 0 Å². The first-order valence-corrected chi connectivity index (χ1v) is 12.8. The number of hydrogen-bond donors (Lipinski definition) is 3. The van der Waals surface area contributed by atoms with E-state index in [2.05, 4.69) is 79.6 Å². The molecule has 0 aliphatic rings. The third-order valence-corrected chi connectivity index (χ3v) is 5.40. The van der Waals surface area contributed by atoms with E-state index in [0.29, 0.717) is 18.6 Å². The van der Waals surface area contributed by atoms with E-state index >= 15 is 0 Å². The van der Waals surface area contributed by atoms with Crippen molar-refractivity contribution < 1.29 is 19.7 Å². The summed E-state index contributed by atoms with van der Waals surface area (Å²) in [7, 11) is 1.51. The highest BCUT2D eigenvalue weighted by atomic mass is 16.5. The summed E-state index contributed by atoms with van der Waals surface area (Å²) in [6.07, 6.45) is 29.0. The van der Waals surface area contributed by atoms with Crippen LogP contribution < -0.4 is 5.32 Å². The van der Waals surface area contributed by atoms with Crippen molar-refractivity contribution in [1.29, 1.82) is 0 Å². The smallest absolute Gasteiger partial charge is 0.220 e. The molecule has 36 heavy (non-hydrogen) atoms. The van der Waals surface area contributed by atoms with Gasteiger partial charge in [-0.25, -0.2) is 0 Å². The Morgan fingerprint density at radius 2 is 1.47 bits per heavy atom. The Balaban J connectivity index is 2.23. The largest absolute Gasteiger partial charge is 0.504 e. The lowest BCUT2D eigenvalue weighted by Gasteiger charge is -2.20. The molecule has 1 aromatic rings. The van der Waals surface area contributed by atoms with Crippen LogP contribution in [0.1, 0.15) is 63.9 Å². The maximum absolute atomic E-state index is 12.4. The van der Waals surface area contributed by atoms with E-state index in [4.69, 9.17) is 4.74 Å². The molecule has 5 nitrogen and oxygen atoms in total. The molecule has 0 aromatic heterocycles. The number of phenolic OH excluding ortho intramolecular Hbond substituents is 2. The molecule has 0 saturated heterocycles. The van der Waals surface area contributed by atoms with Crippen LogP contribution in [-0.2, 0) is 16.0 Å². The highest BCUT2D eigenvalue weighted by molar-refractivity contribution is 5.76. The first kappa shape index (κ1) is 30.6. The van der Waals surface area contributed by atoms with E-state index in [1.54, 1.807) is 6.07 Å². The summed E-state index contributed by atoms with van der Waals surface area (Å²) in [5.74, 6) is -0.0140. The molecule has 0 fully saturated rings. The summed E-state index contributed by atoms with van der Waals surface area (Å²) in [6.45, 7) is 6.01. The monoisotopic (exact) mass is 493 g/mol. The van der Waals surface area contributed by atoms with E-state index < -0.39 is 6.04 Å². The van der Waals surface area contributed by atoms with Crippen molar-refractivity contribution in [3.8, 4) is 11.5 Å². The van der Waals surface area contributed by atoms with Crippen LogP contribution in [0.3, 0.4) is 0 Å². The van der Waals surface area contributed by atoms with Crippen molar-refractivity contribution in [2.45, 2.75) is 70.8 Å². The molecule has 1 rings (SSSR count). The Morgan fingerprint density at radius 3 is 2.00 bits per heavy atom. The Labute approximate surface area is 217 Å². The number of carbonyl (C=O) groups is 1. The van der Waals surface area contributed by atoms with Gasteiger partial charge in [0.05, 0.1) is 13.2 Å². The predicted octanol–water partition coefficient (Wildman–Crippen LogP) is 7.21. The Bertz CT molecular complexity index is 925. The molecule has 0 spiro atoms. The minimum absolute atomic E-state index is 0.0754. The maximum Gasteiger partial charge on any atom is 0.220 e. The summed E-state index contributed by atoms with van der Waals surface area (Å²) in [6, 6.07) is 4.17. The lowest BCUT2D eigenvalue weighted by Crippen LogP contribution is -2.38. The van der Waals surface area contributed by atoms with E-state index in [-0.39, 0.29) is 17.4 Å². The summed E-state index contributed by atoms with van der Waals surface area (Å²) in [5, 5.41) is 22.1. The molecule has 0 radical (unpaired) electrons. The number of hydrogen-bond acceptors (Lipinski definition) is 4. The molecule has 0 aliphatic heterocycles. The van der Waals surface area contributed by atoms with E-state index in [1.807, 2.05) is 0 Å². The number of ether oxygens (including phenoxy) is 1. The summed E-state index contributed by atoms with van der Waals surface area (Å²) < 4.78 is 5.23. The number of allylic oxidation sites excluding steroid dienone is 10. The number of unbranched alkanes of at least 4 members (excludes halogenated alkanes) is 1. The first-order valence-electron chi connectivity index (χ1n) is 12.8. The SMILES string of the molecule is C=C(OC)[C@H](Cc1ccc(O)c(O)c1)NC(=O)CCC/C=C\C/C=C\C/C=C\C/C=C\C/C=C\CC. The van der Waals surface area contributed by atoms with Crippen molar-refractivity contribution in [1.82, 2.24) is 5.32 Å². The minimum atomic E-state index is -0.417. The fourth-order valence-corrected chi connectivity index (χ4v) is 3.33. The number of benzene rings is 1. The summed E-state index contributed by atoms with van der Waals surface area (Å²) in [4.78, 5) is 12.4. The number of aromatic hydroxyl groups is 2. The van der Waals surface area contributed by atoms with Gasteiger partial charge in [0.25, 0.3) is 0 Å². The molecular formula is C31H43NO4. The lowest BCUT2D eigenvalue weighted by molar-refractivity contribution is -0.121. The Kier molecular flexibility index (Phi) is 16.8. The molecule has 5 heteroatoms. The quantitative estimate of drug-likeness (QED) is 0.0874. The van der Waals surface area contributed by atoms with Crippen molar-refractivity contribution in [2.75, 3.05) is 7.11 Å². The average molecular weight is 494 g/mol. The summed E-state index contributed by atoms with van der Waals surface area (Å²) >= 11 is 0. The van der Waals surface area contributed by atoms with Gasteiger partial charge in [-0.2, -0.15) is 0 Å². The third-order valence-electron chi connectivity index (χ3n) is 5.40. The molecule has 0 unspecified atom stereocenters. The number of rotatable bonds is 18. The molecule has 0 bridgehead atoms. The molecule has 0 aliphatic carbocycles. The molecule has 0 heterocycles. The number of carbonyl (C=O) groups excluding carboxylic acids is 1. The molecule has 1 amide bonds. The summed E-state index contributed by atoms with van der Waals surface area (Å²) in [5.41, 5.74) is 0.757. The van der Waals surface area contributed by atoms with Crippen molar-refractivity contribution in [3.63, 3.8) is 0 Å². The van der Waals surface area contributed by atoms with Gasteiger partial charge in [0.1, 0.15) is 5.76 Å². The molecule has 0 saturated carbocycles. The van der Waals surface area contributed by atoms with Crippen LogP contribution in [0.5, 0.6) is 11.5 Å². The minimum Gasteiger partial charge on any atom is -0.504 e. The van der Waals surface area contributed by atoms with Gasteiger partial charge in [-0.1, -0.05) is 80.3 Å². The zero-order valence-electron chi connectivity index (χ0n) is 21.9. The second kappa shape index (κ2) is 19.8. The van der Waals surface area contributed by atoms with Gasteiger partial charge in [-0.05, 0) is 69.1 Å². The maximum atomic E-state index is 12.4. The third kappa shape index (κ3) is 14.7. The van der Waals surface area contributed by atoms with E-state index in [9.17, 15) is 15.0 Å². The number of methoxy groups -OCH3 is 1. The number of nitrogens with one attached hydrogen (secondary N) is 1. The highest BCUT2D eigenvalue weighted by Crippen LogP contribution is 2.26. The van der Waals surface area contributed by atoms with Crippen LogP contribution in [0.15, 0.2) is 91.3 Å². The van der Waals surface area contributed by atoms with Crippen LogP contribution in [0.2, 0.25) is 0 Å². The van der Waals surface area contributed by atoms with Crippen LogP contribution in [0.25, 0.3) is 0 Å². The van der Waals surface area contributed by atoms with Gasteiger partial charge in [0.2, 0.25) is 5.91 Å². The van der Waals surface area contributed by atoms with Crippen molar-refractivity contribution in [3.05, 3.63) is 96.9 Å². The highest BCUT2D eigenvalue weighted by Gasteiger charge is 2.17. The van der Waals surface area contributed by atoms with Crippen LogP contribution >= 0.6 is 0 Å². The van der Waals surface area contributed by atoms with Gasteiger partial charge in [-0.3, -0.25) is 4.79 Å². The Hall–Kier alpha value is -3.47. The second-order valence-electron chi connectivity index (χ2n) is 8.42. The molecule has 196 valence electrons. The number of phenols is 2. The predicted molar refractivity (Wildman–Crippen MR) is 150 cm³/mol. The molecule has 1 aromatic carbocycles. The topological polar surface area (TPSA) is 78.8 Å². The van der Waals surface area contributed by atoms with Gasteiger partial charge in [0, 0.05) is 6.42 Å². The Morgan fingerprint density at radius 1 is 0.917 bits per heavy atom. The number of amides is 1. The normalized spacial score (nSPS) is 12.9. The zero-order chi connectivity index (χ0) is 26.4. The van der Waals surface area contributed by atoms with E-state index in [1.165, 1.54) is 19.2 Å². The van der Waals surface area contributed by atoms with Crippen LogP contribution in [-0.4, -0.2) is 29.3 Å². The molecular weight excluding hydrogens is 450 g/mol. The molecule has 1 atom stereocenters. The second-order valence-corrected chi connectivity index (χ2v) is 8.42. The van der Waals surface area contributed by atoms with E-state index in [0.717, 1.165) is 50.5 Å². The lowest BCUT2D eigenvalue weighted by atomic mass is 10.0. The fraction of sp³-hybridized carbons (Fsp3) is 0.387. The van der Waals surface area contributed by atoms with Crippen LogP contribution in [0.4, 0.5) is 0 Å². The standard InChI is InChI=1S/C31H43NO4/c1-4-5-6-7-8-9-10-11-12-13-14-15-16-17-18-19-20-21-31(35)32-28(26(2)36-3)24-27-22-23-29(33)30(34)25-27/h5-6,8-9,11-12,14-15,17-18,22-23,25,28,33-34H,2,4,7,10,13,16,19-21,24H2,1,3H3,(H,32,35)/b6-5-,9-8-,12-11-,15-14-,18-17-/t28-/m0/s1.